The van der Waals surface area contributed by atoms with E-state index in [4.69, 9.17) is 0 Å². The first-order chi connectivity index (χ1) is 11.6. The largest absolute Gasteiger partial charge is 0.342 e. The van der Waals surface area contributed by atoms with Crippen LogP contribution in [-0.4, -0.2) is 54.0 Å². The maximum absolute atomic E-state index is 12.6. The lowest BCUT2D eigenvalue weighted by Crippen LogP contribution is -2.53. The minimum atomic E-state index is 0.0476. The highest BCUT2D eigenvalue weighted by atomic mass is 16.2. The molecule has 3 atom stereocenters. The van der Waals surface area contributed by atoms with Gasteiger partial charge >= 0.3 is 6.03 Å². The van der Waals surface area contributed by atoms with E-state index in [1.165, 1.54) is 32.1 Å². The molecule has 3 aliphatic rings. The molecule has 5 heteroatoms. The highest BCUT2D eigenvalue weighted by Crippen LogP contribution is 2.35. The molecule has 3 rings (SSSR count). The lowest BCUT2D eigenvalue weighted by molar-refractivity contribution is -0.132. The number of fused-ring (bicyclic) bond motifs is 1. The van der Waals surface area contributed by atoms with Gasteiger partial charge in [-0.05, 0) is 50.4 Å². The molecule has 0 aromatic rings. The predicted molar refractivity (Wildman–Crippen MR) is 94.7 cm³/mol. The van der Waals surface area contributed by atoms with Gasteiger partial charge < -0.3 is 15.1 Å². The van der Waals surface area contributed by atoms with E-state index < -0.39 is 0 Å². The summed E-state index contributed by atoms with van der Waals surface area (Å²) in [5.74, 6) is 1.50. The number of amides is 3. The number of carbonyl (C=O) groups is 2. The number of rotatable bonds is 3. The van der Waals surface area contributed by atoms with Crippen molar-refractivity contribution in [1.82, 2.24) is 15.1 Å². The van der Waals surface area contributed by atoms with Gasteiger partial charge in [-0.1, -0.05) is 19.8 Å². The molecule has 0 aromatic heterocycles. The summed E-state index contributed by atoms with van der Waals surface area (Å²) in [6.07, 6.45) is 10.2. The van der Waals surface area contributed by atoms with Crippen molar-refractivity contribution in [2.75, 3.05) is 26.2 Å². The molecule has 3 unspecified atom stereocenters. The van der Waals surface area contributed by atoms with Crippen LogP contribution in [0.2, 0.25) is 0 Å². The second-order valence-corrected chi connectivity index (χ2v) is 8.02. The average Bonchev–Trinajstić information content (AvgIpc) is 2.61. The Balaban J connectivity index is 1.42. The molecule has 3 fully saturated rings. The van der Waals surface area contributed by atoms with Crippen LogP contribution >= 0.6 is 0 Å². The monoisotopic (exact) mass is 335 g/mol. The van der Waals surface area contributed by atoms with Crippen LogP contribution in [0.15, 0.2) is 0 Å². The molecule has 2 saturated heterocycles. The van der Waals surface area contributed by atoms with Gasteiger partial charge in [-0.2, -0.15) is 0 Å². The third-order valence-electron chi connectivity index (χ3n) is 6.13. The number of nitrogens with one attached hydrogen (secondary N) is 1. The second kappa shape index (κ2) is 8.21. The van der Waals surface area contributed by atoms with E-state index in [9.17, 15) is 9.59 Å². The Bertz CT molecular complexity index is 452. The Morgan fingerprint density at radius 2 is 1.75 bits per heavy atom. The van der Waals surface area contributed by atoms with Crippen LogP contribution in [-0.2, 0) is 4.79 Å². The van der Waals surface area contributed by atoms with Gasteiger partial charge in [-0.25, -0.2) is 4.79 Å². The number of piperidine rings is 2. The molecular formula is C19H33N3O2. The van der Waals surface area contributed by atoms with Crippen molar-refractivity contribution in [2.45, 2.75) is 70.8 Å². The van der Waals surface area contributed by atoms with Gasteiger partial charge in [0.25, 0.3) is 0 Å². The lowest BCUT2D eigenvalue weighted by Gasteiger charge is -2.44. The van der Waals surface area contributed by atoms with Crippen molar-refractivity contribution in [1.29, 1.82) is 0 Å². The normalized spacial score (nSPS) is 30.6. The summed E-state index contributed by atoms with van der Waals surface area (Å²) in [4.78, 5) is 28.9. The average molecular weight is 335 g/mol. The summed E-state index contributed by atoms with van der Waals surface area (Å²) in [5.41, 5.74) is 0. The van der Waals surface area contributed by atoms with Crippen molar-refractivity contribution in [3.05, 3.63) is 0 Å². The van der Waals surface area contributed by atoms with Gasteiger partial charge in [-0.3, -0.25) is 4.79 Å². The molecular weight excluding hydrogens is 302 g/mol. The van der Waals surface area contributed by atoms with E-state index >= 15 is 0 Å². The highest BCUT2D eigenvalue weighted by molar-refractivity contribution is 5.78. The third-order valence-corrected chi connectivity index (χ3v) is 6.13. The number of likely N-dealkylation sites (tertiary alicyclic amines) is 2. The second-order valence-electron chi connectivity index (χ2n) is 8.02. The summed E-state index contributed by atoms with van der Waals surface area (Å²) in [7, 11) is 0. The Morgan fingerprint density at radius 1 is 1.00 bits per heavy atom. The Kier molecular flexibility index (Phi) is 6.01. The maximum Gasteiger partial charge on any atom is 0.317 e. The summed E-state index contributed by atoms with van der Waals surface area (Å²) in [6.45, 7) is 5.31. The van der Waals surface area contributed by atoms with E-state index in [1.807, 2.05) is 4.90 Å². The van der Waals surface area contributed by atoms with E-state index in [0.717, 1.165) is 38.9 Å². The Hall–Kier alpha value is -1.26. The van der Waals surface area contributed by atoms with Crippen LogP contribution in [0.1, 0.15) is 64.7 Å². The van der Waals surface area contributed by atoms with Crippen molar-refractivity contribution in [3.63, 3.8) is 0 Å². The summed E-state index contributed by atoms with van der Waals surface area (Å²) < 4.78 is 0. The molecule has 1 N–H and O–H groups in total. The molecule has 2 heterocycles. The molecule has 5 nitrogen and oxygen atoms in total. The number of hydrogen-bond acceptors (Lipinski definition) is 2. The fourth-order valence-corrected chi connectivity index (χ4v) is 4.83. The van der Waals surface area contributed by atoms with E-state index in [1.54, 1.807) is 0 Å². The molecule has 1 saturated carbocycles. The quantitative estimate of drug-likeness (QED) is 0.862. The summed E-state index contributed by atoms with van der Waals surface area (Å²) in [6, 6.07) is 0.484. The maximum atomic E-state index is 12.6. The van der Waals surface area contributed by atoms with Gasteiger partial charge in [0.05, 0.1) is 0 Å². The van der Waals surface area contributed by atoms with E-state index in [2.05, 4.69) is 17.1 Å². The predicted octanol–water partition coefficient (Wildman–Crippen LogP) is 3.00. The number of nitrogens with zero attached hydrogens (tertiary/aromatic N) is 2. The van der Waals surface area contributed by atoms with Gasteiger partial charge in [0, 0.05) is 38.6 Å². The molecule has 3 amide bonds. The molecule has 1 aliphatic carbocycles. The Labute approximate surface area is 146 Å². The Morgan fingerprint density at radius 3 is 2.58 bits per heavy atom. The molecule has 136 valence electrons. The van der Waals surface area contributed by atoms with Gasteiger partial charge in [0.15, 0.2) is 0 Å². The summed E-state index contributed by atoms with van der Waals surface area (Å²) >= 11 is 0. The molecule has 0 aromatic carbocycles. The SMILES string of the molecule is CC1CCCN(C(=O)CCNC(=O)N2CCCC3CCCCC32)C1. The zero-order valence-corrected chi connectivity index (χ0v) is 15.1. The highest BCUT2D eigenvalue weighted by Gasteiger charge is 2.35. The smallest absolute Gasteiger partial charge is 0.317 e. The standard InChI is InChI=1S/C19H33N3O2/c1-15-6-4-12-21(14-15)18(23)10-11-20-19(24)22-13-5-8-16-7-2-3-9-17(16)22/h15-17H,2-14H2,1H3,(H,20,24). The van der Waals surface area contributed by atoms with Crippen LogP contribution in [0.3, 0.4) is 0 Å². The van der Waals surface area contributed by atoms with Crippen LogP contribution in [0, 0.1) is 11.8 Å². The number of urea groups is 1. The van der Waals surface area contributed by atoms with Crippen LogP contribution < -0.4 is 5.32 Å². The van der Waals surface area contributed by atoms with Crippen molar-refractivity contribution >= 4 is 11.9 Å². The molecule has 0 bridgehead atoms. The van der Waals surface area contributed by atoms with Crippen LogP contribution in [0.25, 0.3) is 0 Å². The van der Waals surface area contributed by atoms with Gasteiger partial charge in [0.1, 0.15) is 0 Å². The molecule has 0 radical (unpaired) electrons. The molecule has 0 spiro atoms. The van der Waals surface area contributed by atoms with Crippen molar-refractivity contribution < 1.29 is 9.59 Å². The third kappa shape index (κ3) is 4.22. The van der Waals surface area contributed by atoms with Crippen LogP contribution in [0.4, 0.5) is 4.79 Å². The van der Waals surface area contributed by atoms with Gasteiger partial charge in [0.2, 0.25) is 5.91 Å². The van der Waals surface area contributed by atoms with E-state index in [-0.39, 0.29) is 11.9 Å². The zero-order chi connectivity index (χ0) is 16.9. The fraction of sp³-hybridized carbons (Fsp3) is 0.895. The van der Waals surface area contributed by atoms with Crippen molar-refractivity contribution in [3.8, 4) is 0 Å². The summed E-state index contributed by atoms with van der Waals surface area (Å²) in [5, 5.41) is 3.01. The number of carbonyl (C=O) groups excluding carboxylic acids is 2. The topological polar surface area (TPSA) is 52.7 Å². The lowest BCUT2D eigenvalue weighted by atomic mass is 9.78. The van der Waals surface area contributed by atoms with Crippen LogP contribution in [0.5, 0.6) is 0 Å². The fourth-order valence-electron chi connectivity index (χ4n) is 4.83. The van der Waals surface area contributed by atoms with Crippen molar-refractivity contribution in [2.24, 2.45) is 11.8 Å². The first kappa shape index (κ1) is 17.6. The zero-order valence-electron chi connectivity index (χ0n) is 15.1. The minimum Gasteiger partial charge on any atom is -0.342 e. The molecule has 24 heavy (non-hydrogen) atoms. The molecule has 2 aliphatic heterocycles. The first-order valence-corrected chi connectivity index (χ1v) is 9.97. The first-order valence-electron chi connectivity index (χ1n) is 9.97. The number of hydrogen-bond donors (Lipinski definition) is 1. The van der Waals surface area contributed by atoms with E-state index in [0.29, 0.717) is 30.8 Å². The van der Waals surface area contributed by atoms with Gasteiger partial charge in [-0.15, -0.1) is 0 Å². The minimum absolute atomic E-state index is 0.0476.